The second-order valence-electron chi connectivity index (χ2n) is 3.66. The Bertz CT molecular complexity index is 338. The van der Waals surface area contributed by atoms with Crippen molar-refractivity contribution in [3.8, 4) is 0 Å². The molecule has 0 radical (unpaired) electrons. The van der Waals surface area contributed by atoms with Crippen molar-refractivity contribution in [1.82, 2.24) is 15.0 Å². The van der Waals surface area contributed by atoms with E-state index in [0.29, 0.717) is 11.9 Å². The van der Waals surface area contributed by atoms with Gasteiger partial charge < -0.3 is 5.73 Å². The lowest BCUT2D eigenvalue weighted by Gasteiger charge is -2.09. The number of nitrogens with zero attached hydrogens (tertiary/aromatic N) is 3. The fraction of sp³-hybridized carbons (Fsp3) is 0.667. The lowest BCUT2D eigenvalue weighted by atomic mass is 10.1. The van der Waals surface area contributed by atoms with Crippen molar-refractivity contribution in [1.29, 1.82) is 0 Å². The summed E-state index contributed by atoms with van der Waals surface area (Å²) >= 11 is 1.50. The molecule has 4 nitrogen and oxygen atoms in total. The molecule has 0 aromatic carbocycles. The molecule has 1 fully saturated rings. The minimum absolute atomic E-state index is 0.340. The molecule has 14 heavy (non-hydrogen) atoms. The minimum atomic E-state index is 0.340. The third kappa shape index (κ3) is 1.97. The zero-order valence-corrected chi connectivity index (χ0v) is 9.21. The molecule has 1 heterocycles. The van der Waals surface area contributed by atoms with Crippen LogP contribution in [-0.4, -0.2) is 21.2 Å². The maximum atomic E-state index is 5.62. The Hall–Kier alpha value is -0.840. The molecular weight excluding hydrogens is 196 g/mol. The molecule has 76 valence electrons. The molecule has 1 saturated carbocycles. The highest BCUT2D eigenvalue weighted by Crippen LogP contribution is 2.41. The molecule has 0 amide bonds. The van der Waals surface area contributed by atoms with Crippen LogP contribution in [0.1, 0.15) is 31.5 Å². The summed E-state index contributed by atoms with van der Waals surface area (Å²) in [4.78, 5) is 12.6. The smallest absolute Gasteiger partial charge is 0.224 e. The number of anilines is 1. The average Bonchev–Trinajstić information content (AvgIpc) is 2.99. The summed E-state index contributed by atoms with van der Waals surface area (Å²) in [5.41, 5.74) is 5.62. The highest BCUT2D eigenvalue weighted by Gasteiger charge is 2.31. The number of nitrogens with two attached hydrogens (primary N) is 1. The molecule has 1 unspecified atom stereocenters. The molecule has 1 aromatic rings. The van der Waals surface area contributed by atoms with Gasteiger partial charge in [0, 0.05) is 5.92 Å². The van der Waals surface area contributed by atoms with Gasteiger partial charge in [0.25, 0.3) is 0 Å². The lowest BCUT2D eigenvalue weighted by Crippen LogP contribution is -2.08. The number of thioether (sulfide) groups is 1. The molecular formula is C9H14N4S. The monoisotopic (exact) mass is 210 g/mol. The first-order chi connectivity index (χ1) is 6.70. The summed E-state index contributed by atoms with van der Waals surface area (Å²) in [5, 5.41) is 0.722. The van der Waals surface area contributed by atoms with Gasteiger partial charge in [0.05, 0.1) is 0 Å². The summed E-state index contributed by atoms with van der Waals surface area (Å²) in [6.45, 7) is 2.16. The molecule has 1 aliphatic rings. The maximum Gasteiger partial charge on any atom is 0.224 e. The van der Waals surface area contributed by atoms with E-state index in [4.69, 9.17) is 5.73 Å². The van der Waals surface area contributed by atoms with Gasteiger partial charge in [-0.05, 0) is 25.0 Å². The van der Waals surface area contributed by atoms with Gasteiger partial charge in [-0.25, -0.2) is 4.98 Å². The van der Waals surface area contributed by atoms with Crippen molar-refractivity contribution in [2.75, 3.05) is 12.0 Å². The van der Waals surface area contributed by atoms with E-state index in [1.165, 1.54) is 24.6 Å². The third-order valence-corrected chi connectivity index (χ3v) is 3.12. The second-order valence-corrected chi connectivity index (χ2v) is 4.44. The molecule has 1 aliphatic carbocycles. The summed E-state index contributed by atoms with van der Waals surface area (Å²) in [6.07, 6.45) is 4.53. The first-order valence-electron chi connectivity index (χ1n) is 4.76. The van der Waals surface area contributed by atoms with Crippen LogP contribution in [0.25, 0.3) is 0 Å². The summed E-state index contributed by atoms with van der Waals surface area (Å²) < 4.78 is 0. The first-order valence-corrected chi connectivity index (χ1v) is 5.98. The van der Waals surface area contributed by atoms with Gasteiger partial charge in [-0.15, -0.1) is 0 Å². The third-order valence-electron chi connectivity index (χ3n) is 2.57. The molecule has 0 bridgehead atoms. The van der Waals surface area contributed by atoms with Crippen LogP contribution in [0.5, 0.6) is 0 Å². The fourth-order valence-corrected chi connectivity index (χ4v) is 1.86. The Morgan fingerprint density at radius 2 is 2.07 bits per heavy atom. The predicted molar refractivity (Wildman–Crippen MR) is 57.2 cm³/mol. The predicted octanol–water partition coefficient (Wildman–Crippen LogP) is 1.69. The molecule has 1 aromatic heterocycles. The van der Waals surface area contributed by atoms with Crippen LogP contribution in [0.3, 0.4) is 0 Å². The van der Waals surface area contributed by atoms with E-state index in [1.54, 1.807) is 0 Å². The van der Waals surface area contributed by atoms with Gasteiger partial charge in [0.2, 0.25) is 5.95 Å². The minimum Gasteiger partial charge on any atom is -0.368 e. The van der Waals surface area contributed by atoms with Gasteiger partial charge in [-0.1, -0.05) is 18.7 Å². The largest absolute Gasteiger partial charge is 0.368 e. The summed E-state index contributed by atoms with van der Waals surface area (Å²) in [7, 11) is 0. The van der Waals surface area contributed by atoms with Gasteiger partial charge in [0.15, 0.2) is 5.16 Å². The summed E-state index contributed by atoms with van der Waals surface area (Å²) in [6, 6.07) is 0. The second kappa shape index (κ2) is 3.73. The topological polar surface area (TPSA) is 64.7 Å². The number of hydrogen-bond donors (Lipinski definition) is 1. The summed E-state index contributed by atoms with van der Waals surface area (Å²) in [5.74, 6) is 2.37. The zero-order valence-electron chi connectivity index (χ0n) is 8.40. The van der Waals surface area contributed by atoms with Crippen molar-refractivity contribution in [2.45, 2.75) is 30.8 Å². The van der Waals surface area contributed by atoms with Crippen LogP contribution < -0.4 is 5.73 Å². The standard InChI is InChI=1S/C9H14N4S/c1-5(6-3-4-6)7-11-8(10)13-9(12-7)14-2/h5-6H,3-4H2,1-2H3,(H2,10,11,12,13). The van der Waals surface area contributed by atoms with E-state index in [1.807, 2.05) is 6.26 Å². The molecule has 0 spiro atoms. The van der Waals surface area contributed by atoms with E-state index in [2.05, 4.69) is 21.9 Å². The van der Waals surface area contributed by atoms with Crippen molar-refractivity contribution >= 4 is 17.7 Å². The van der Waals surface area contributed by atoms with E-state index >= 15 is 0 Å². The van der Waals surface area contributed by atoms with Crippen LogP contribution in [0.4, 0.5) is 5.95 Å². The normalized spacial score (nSPS) is 18.1. The van der Waals surface area contributed by atoms with Crippen molar-refractivity contribution < 1.29 is 0 Å². The Morgan fingerprint density at radius 3 is 2.64 bits per heavy atom. The van der Waals surface area contributed by atoms with Crippen LogP contribution in [0.2, 0.25) is 0 Å². The van der Waals surface area contributed by atoms with E-state index in [9.17, 15) is 0 Å². The molecule has 0 aliphatic heterocycles. The number of hydrogen-bond acceptors (Lipinski definition) is 5. The van der Waals surface area contributed by atoms with Gasteiger partial charge in [0.1, 0.15) is 5.82 Å². The molecule has 2 N–H and O–H groups in total. The molecule has 1 atom stereocenters. The number of aromatic nitrogens is 3. The molecule has 0 saturated heterocycles. The van der Waals surface area contributed by atoms with Crippen LogP contribution in [0.15, 0.2) is 5.16 Å². The van der Waals surface area contributed by atoms with Gasteiger partial charge >= 0.3 is 0 Å². The van der Waals surface area contributed by atoms with Crippen molar-refractivity contribution in [3.05, 3.63) is 5.82 Å². The van der Waals surface area contributed by atoms with Gasteiger partial charge in [-0.3, -0.25) is 0 Å². The zero-order chi connectivity index (χ0) is 10.1. The maximum absolute atomic E-state index is 5.62. The Kier molecular flexibility index (Phi) is 2.58. The first kappa shape index (κ1) is 9.71. The average molecular weight is 210 g/mol. The van der Waals surface area contributed by atoms with E-state index < -0.39 is 0 Å². The van der Waals surface area contributed by atoms with E-state index in [-0.39, 0.29) is 0 Å². The molecule has 5 heteroatoms. The lowest BCUT2D eigenvalue weighted by molar-refractivity contribution is 0.605. The SMILES string of the molecule is CSc1nc(N)nc(C(C)C2CC2)n1. The Morgan fingerprint density at radius 1 is 1.36 bits per heavy atom. The van der Waals surface area contributed by atoms with Crippen LogP contribution in [-0.2, 0) is 0 Å². The van der Waals surface area contributed by atoms with Gasteiger partial charge in [-0.2, -0.15) is 9.97 Å². The van der Waals surface area contributed by atoms with Crippen LogP contribution >= 0.6 is 11.8 Å². The molecule has 2 rings (SSSR count). The Labute approximate surface area is 87.7 Å². The quantitative estimate of drug-likeness (QED) is 0.769. The fourth-order valence-electron chi connectivity index (χ4n) is 1.49. The van der Waals surface area contributed by atoms with E-state index in [0.717, 1.165) is 16.9 Å². The highest BCUT2D eigenvalue weighted by atomic mass is 32.2. The number of rotatable bonds is 3. The van der Waals surface area contributed by atoms with Crippen molar-refractivity contribution in [2.24, 2.45) is 5.92 Å². The van der Waals surface area contributed by atoms with Crippen LogP contribution in [0, 0.1) is 5.92 Å². The van der Waals surface area contributed by atoms with Crippen molar-refractivity contribution in [3.63, 3.8) is 0 Å². The Balaban J connectivity index is 2.27. The number of nitrogen functional groups attached to an aromatic ring is 1. The highest BCUT2D eigenvalue weighted by molar-refractivity contribution is 7.98.